The molecule has 0 fully saturated rings. The first-order chi connectivity index (χ1) is 8.09. The quantitative estimate of drug-likeness (QED) is 0.737. The summed E-state index contributed by atoms with van der Waals surface area (Å²) in [5, 5.41) is 2.90. The maximum absolute atomic E-state index is 11.4. The van der Waals surface area contributed by atoms with Crippen molar-refractivity contribution in [2.45, 2.75) is 59.0 Å². The molecule has 0 aliphatic rings. The Morgan fingerprint density at radius 1 is 1.47 bits per heavy atom. The highest BCUT2D eigenvalue weighted by Crippen LogP contribution is 2.04. The molecule has 4 heteroatoms. The number of aryl methyl sites for hydroxylation is 2. The lowest BCUT2D eigenvalue weighted by Crippen LogP contribution is -2.29. The summed E-state index contributed by atoms with van der Waals surface area (Å²) in [6, 6.07) is 0.242. The van der Waals surface area contributed by atoms with Crippen molar-refractivity contribution in [1.29, 1.82) is 0 Å². The molecule has 0 aliphatic carbocycles. The van der Waals surface area contributed by atoms with Crippen LogP contribution in [0.4, 0.5) is 0 Å². The Balaban J connectivity index is 2.05. The number of carbonyl (C=O) groups excluding carboxylic acids is 1. The number of nitrogens with zero attached hydrogens (tertiary/aromatic N) is 2. The standard InChI is InChI=1S/C13H22N3O/c1-11(2)15-13(17)7-5-4-6-9-16-10-8-14-12(16)3/h10-11H,4-7,9H2,1-3H3,(H,15,17). The third-order valence-corrected chi connectivity index (χ3v) is 2.61. The number of aromatic nitrogens is 2. The fourth-order valence-electron chi connectivity index (χ4n) is 1.71. The topological polar surface area (TPSA) is 46.9 Å². The molecular weight excluding hydrogens is 214 g/mol. The van der Waals surface area contributed by atoms with Crippen molar-refractivity contribution in [3.63, 3.8) is 0 Å². The van der Waals surface area contributed by atoms with Gasteiger partial charge in [0.15, 0.2) is 0 Å². The molecule has 0 atom stereocenters. The summed E-state index contributed by atoms with van der Waals surface area (Å²) in [7, 11) is 0. The van der Waals surface area contributed by atoms with Gasteiger partial charge in [0, 0.05) is 25.2 Å². The van der Waals surface area contributed by atoms with Gasteiger partial charge in [-0.05, 0) is 33.6 Å². The van der Waals surface area contributed by atoms with Gasteiger partial charge in [0.2, 0.25) is 5.91 Å². The second-order valence-electron chi connectivity index (χ2n) is 4.64. The summed E-state index contributed by atoms with van der Waals surface area (Å²) in [5.41, 5.74) is 0. The molecule has 1 heterocycles. The molecule has 1 N–H and O–H groups in total. The maximum atomic E-state index is 11.4. The van der Waals surface area contributed by atoms with Crippen LogP contribution in [0, 0.1) is 13.1 Å². The number of amides is 1. The lowest BCUT2D eigenvalue weighted by Gasteiger charge is -2.08. The highest BCUT2D eigenvalue weighted by atomic mass is 16.1. The van der Waals surface area contributed by atoms with E-state index in [4.69, 9.17) is 0 Å². The van der Waals surface area contributed by atoms with Crippen molar-refractivity contribution in [2.75, 3.05) is 0 Å². The van der Waals surface area contributed by atoms with E-state index in [2.05, 4.69) is 21.1 Å². The normalized spacial score (nSPS) is 10.8. The fourth-order valence-corrected chi connectivity index (χ4v) is 1.71. The van der Waals surface area contributed by atoms with Crippen molar-refractivity contribution in [3.8, 4) is 0 Å². The summed E-state index contributed by atoms with van der Waals surface area (Å²) in [6.07, 6.45) is 8.45. The molecule has 4 nitrogen and oxygen atoms in total. The SMILES string of the molecule is Cc1n[c]cn1CCCCCC(=O)NC(C)C. The predicted molar refractivity (Wildman–Crippen MR) is 67.5 cm³/mol. The average molecular weight is 236 g/mol. The van der Waals surface area contributed by atoms with E-state index in [1.165, 1.54) is 0 Å². The predicted octanol–water partition coefficient (Wildman–Crippen LogP) is 2.08. The molecule has 1 amide bonds. The third kappa shape index (κ3) is 5.52. The maximum Gasteiger partial charge on any atom is 0.220 e. The van der Waals surface area contributed by atoms with Gasteiger partial charge in [-0.15, -0.1) is 0 Å². The highest BCUT2D eigenvalue weighted by molar-refractivity contribution is 5.76. The van der Waals surface area contributed by atoms with E-state index in [9.17, 15) is 4.79 Å². The van der Waals surface area contributed by atoms with Crippen LogP contribution in [0.25, 0.3) is 0 Å². The van der Waals surface area contributed by atoms with E-state index in [1.807, 2.05) is 27.0 Å². The van der Waals surface area contributed by atoms with Gasteiger partial charge >= 0.3 is 0 Å². The Morgan fingerprint density at radius 2 is 2.24 bits per heavy atom. The van der Waals surface area contributed by atoms with Gasteiger partial charge in [-0.25, -0.2) is 4.98 Å². The average Bonchev–Trinajstić information content (AvgIpc) is 2.63. The molecule has 1 rings (SSSR count). The van der Waals surface area contributed by atoms with Gasteiger partial charge in [-0.1, -0.05) is 6.42 Å². The zero-order chi connectivity index (χ0) is 12.7. The van der Waals surface area contributed by atoms with Crippen molar-refractivity contribution in [1.82, 2.24) is 14.9 Å². The van der Waals surface area contributed by atoms with Gasteiger partial charge in [0.25, 0.3) is 0 Å². The first kappa shape index (κ1) is 13.7. The van der Waals surface area contributed by atoms with Gasteiger partial charge in [-0.2, -0.15) is 0 Å². The van der Waals surface area contributed by atoms with Crippen LogP contribution >= 0.6 is 0 Å². The molecule has 17 heavy (non-hydrogen) atoms. The zero-order valence-electron chi connectivity index (χ0n) is 11.0. The zero-order valence-corrected chi connectivity index (χ0v) is 11.0. The number of nitrogens with one attached hydrogen (secondary N) is 1. The minimum absolute atomic E-state index is 0.159. The van der Waals surface area contributed by atoms with Gasteiger partial charge in [-0.3, -0.25) is 4.79 Å². The molecule has 1 aromatic heterocycles. The van der Waals surface area contributed by atoms with Crippen molar-refractivity contribution >= 4 is 5.91 Å². The molecule has 0 spiro atoms. The lowest BCUT2D eigenvalue weighted by atomic mass is 10.2. The highest BCUT2D eigenvalue weighted by Gasteiger charge is 2.02. The summed E-state index contributed by atoms with van der Waals surface area (Å²) in [4.78, 5) is 15.4. The summed E-state index contributed by atoms with van der Waals surface area (Å²) in [5.74, 6) is 1.16. The molecule has 0 aromatic carbocycles. The van der Waals surface area contributed by atoms with Gasteiger partial charge < -0.3 is 9.88 Å². The minimum atomic E-state index is 0.159. The molecular formula is C13H22N3O. The molecule has 0 unspecified atom stereocenters. The Hall–Kier alpha value is -1.32. The van der Waals surface area contributed by atoms with E-state index in [-0.39, 0.29) is 11.9 Å². The van der Waals surface area contributed by atoms with Crippen LogP contribution in [-0.2, 0) is 11.3 Å². The Morgan fingerprint density at radius 3 is 2.82 bits per heavy atom. The van der Waals surface area contributed by atoms with Crippen molar-refractivity contribution in [2.24, 2.45) is 0 Å². The Kier molecular flexibility index (Phi) is 5.73. The van der Waals surface area contributed by atoms with Crippen LogP contribution < -0.4 is 5.32 Å². The van der Waals surface area contributed by atoms with E-state index in [1.54, 1.807) is 0 Å². The summed E-state index contributed by atoms with van der Waals surface area (Å²) in [6.45, 7) is 6.91. The van der Waals surface area contributed by atoms with Crippen LogP contribution in [0.1, 0.15) is 45.4 Å². The number of rotatable bonds is 7. The summed E-state index contributed by atoms with van der Waals surface area (Å²) < 4.78 is 2.09. The molecule has 1 radical (unpaired) electrons. The Labute approximate surface area is 103 Å². The lowest BCUT2D eigenvalue weighted by molar-refractivity contribution is -0.121. The Bertz CT molecular complexity index is 344. The van der Waals surface area contributed by atoms with Crippen LogP contribution in [-0.4, -0.2) is 21.5 Å². The monoisotopic (exact) mass is 236 g/mol. The van der Waals surface area contributed by atoms with Crippen molar-refractivity contribution < 1.29 is 4.79 Å². The van der Waals surface area contributed by atoms with Crippen molar-refractivity contribution in [3.05, 3.63) is 18.2 Å². The second-order valence-corrected chi connectivity index (χ2v) is 4.64. The van der Waals surface area contributed by atoms with E-state index >= 15 is 0 Å². The second kappa shape index (κ2) is 7.09. The molecule has 0 saturated carbocycles. The third-order valence-electron chi connectivity index (χ3n) is 2.61. The van der Waals surface area contributed by atoms with Crippen LogP contribution in [0.15, 0.2) is 6.20 Å². The van der Waals surface area contributed by atoms with Gasteiger partial charge in [0.05, 0.1) is 0 Å². The first-order valence-corrected chi connectivity index (χ1v) is 6.28. The van der Waals surface area contributed by atoms with Gasteiger partial charge in [0.1, 0.15) is 12.0 Å². The molecule has 0 aliphatic heterocycles. The van der Waals surface area contributed by atoms with Crippen LogP contribution in [0.5, 0.6) is 0 Å². The molecule has 95 valence electrons. The number of unbranched alkanes of at least 4 members (excludes halogenated alkanes) is 2. The minimum Gasteiger partial charge on any atom is -0.354 e. The van der Waals surface area contributed by atoms with E-state index < -0.39 is 0 Å². The number of carbonyl (C=O) groups is 1. The molecule has 1 aromatic rings. The van der Waals surface area contributed by atoms with E-state index in [0.717, 1.165) is 31.6 Å². The molecule has 0 bridgehead atoms. The molecule has 0 saturated heterocycles. The summed E-state index contributed by atoms with van der Waals surface area (Å²) >= 11 is 0. The van der Waals surface area contributed by atoms with Crippen LogP contribution in [0.3, 0.4) is 0 Å². The number of imidazole rings is 1. The smallest absolute Gasteiger partial charge is 0.220 e. The fraction of sp³-hybridized carbons (Fsp3) is 0.692. The number of hydrogen-bond acceptors (Lipinski definition) is 2. The largest absolute Gasteiger partial charge is 0.354 e. The van der Waals surface area contributed by atoms with Crippen LogP contribution in [0.2, 0.25) is 0 Å². The number of hydrogen-bond donors (Lipinski definition) is 1. The van der Waals surface area contributed by atoms with E-state index in [0.29, 0.717) is 6.42 Å². The first-order valence-electron chi connectivity index (χ1n) is 6.28.